The van der Waals surface area contributed by atoms with Crippen molar-refractivity contribution in [1.29, 1.82) is 0 Å². The number of primary amides is 1. The van der Waals surface area contributed by atoms with Crippen LogP contribution in [0, 0.1) is 0 Å². The summed E-state index contributed by atoms with van der Waals surface area (Å²) in [5.74, 6) is -0.266. The lowest BCUT2D eigenvalue weighted by Gasteiger charge is -2.29. The van der Waals surface area contributed by atoms with Crippen LogP contribution in [0.3, 0.4) is 0 Å². The summed E-state index contributed by atoms with van der Waals surface area (Å²) >= 11 is 1.10. The van der Waals surface area contributed by atoms with Crippen LogP contribution in [0.2, 0.25) is 0 Å². The second-order valence-electron chi connectivity index (χ2n) is 7.78. The third-order valence-corrected chi connectivity index (χ3v) is 6.77. The molecular formula is C24H21F3N4O3S. The molecule has 0 aliphatic carbocycles. The molecule has 0 radical (unpaired) electrons. The van der Waals surface area contributed by atoms with Crippen LogP contribution in [0.25, 0.3) is 0 Å². The van der Waals surface area contributed by atoms with E-state index in [2.05, 4.69) is 4.98 Å². The Morgan fingerprint density at radius 2 is 1.89 bits per heavy atom. The van der Waals surface area contributed by atoms with E-state index in [4.69, 9.17) is 10.5 Å². The number of allylic oxidation sites excluding steroid dienone is 1. The lowest BCUT2D eigenvalue weighted by Crippen LogP contribution is -2.32. The van der Waals surface area contributed by atoms with Gasteiger partial charge in [0.1, 0.15) is 18.1 Å². The number of amides is 1. The van der Waals surface area contributed by atoms with Gasteiger partial charge in [0.2, 0.25) is 0 Å². The minimum atomic E-state index is -4.54. The standard InChI is InChI=1S/C24H21F3N4O3S/c1-15-21(22(28)33)35-23(31(15)13-17-7-8-19(29-12-17)24(25,26)27)30-10-9-18(11-20(30)32)34-14-16-5-3-2-4-6-16/h2-12,23H,13-14H2,1H3,(H2,28,33). The monoisotopic (exact) mass is 502 g/mol. The molecular weight excluding hydrogens is 481 g/mol. The van der Waals surface area contributed by atoms with Gasteiger partial charge in [-0.25, -0.2) is 0 Å². The van der Waals surface area contributed by atoms with Crippen molar-refractivity contribution < 1.29 is 22.7 Å². The van der Waals surface area contributed by atoms with Crippen LogP contribution in [-0.2, 0) is 24.1 Å². The van der Waals surface area contributed by atoms with Crippen molar-refractivity contribution in [2.75, 3.05) is 0 Å². The Morgan fingerprint density at radius 3 is 2.49 bits per heavy atom. The first-order chi connectivity index (χ1) is 16.6. The zero-order valence-corrected chi connectivity index (χ0v) is 19.3. The Balaban J connectivity index is 1.57. The second-order valence-corrected chi connectivity index (χ2v) is 8.85. The summed E-state index contributed by atoms with van der Waals surface area (Å²) in [5.41, 5.74) is 5.42. The van der Waals surface area contributed by atoms with Crippen molar-refractivity contribution in [2.24, 2.45) is 5.73 Å². The number of carbonyl (C=O) groups excluding carboxylic acids is 1. The lowest BCUT2D eigenvalue weighted by molar-refractivity contribution is -0.141. The highest BCUT2D eigenvalue weighted by Gasteiger charge is 2.35. The van der Waals surface area contributed by atoms with Crippen LogP contribution in [0.4, 0.5) is 13.2 Å². The smallest absolute Gasteiger partial charge is 0.433 e. The second kappa shape index (κ2) is 9.87. The predicted molar refractivity (Wildman–Crippen MR) is 125 cm³/mol. The lowest BCUT2D eigenvalue weighted by atomic mass is 10.2. The number of nitrogens with two attached hydrogens (primary N) is 1. The van der Waals surface area contributed by atoms with E-state index in [1.165, 1.54) is 16.7 Å². The number of nitrogens with zero attached hydrogens (tertiary/aromatic N) is 3. The van der Waals surface area contributed by atoms with Crippen LogP contribution in [0.5, 0.6) is 5.75 Å². The number of thioether (sulfide) groups is 1. The van der Waals surface area contributed by atoms with Gasteiger partial charge >= 0.3 is 6.18 Å². The summed E-state index contributed by atoms with van der Waals surface area (Å²) in [6.07, 6.45) is -1.86. The van der Waals surface area contributed by atoms with Crippen LogP contribution in [-0.4, -0.2) is 20.4 Å². The first-order valence-electron chi connectivity index (χ1n) is 10.5. The van der Waals surface area contributed by atoms with E-state index >= 15 is 0 Å². The van der Waals surface area contributed by atoms with Gasteiger partial charge < -0.3 is 15.4 Å². The Morgan fingerprint density at radius 1 is 1.14 bits per heavy atom. The van der Waals surface area contributed by atoms with E-state index in [-0.39, 0.29) is 17.0 Å². The molecule has 7 nitrogen and oxygen atoms in total. The minimum absolute atomic E-state index is 0.115. The third kappa shape index (κ3) is 5.51. The molecule has 3 aromatic rings. The predicted octanol–water partition coefficient (Wildman–Crippen LogP) is 4.26. The number of hydrogen-bond acceptors (Lipinski definition) is 6. The largest absolute Gasteiger partial charge is 0.489 e. The highest BCUT2D eigenvalue weighted by molar-refractivity contribution is 8.04. The number of carbonyl (C=O) groups is 1. The normalized spacial score (nSPS) is 16.0. The SMILES string of the molecule is CC1=C(C(N)=O)SC(n2ccc(OCc3ccccc3)cc2=O)N1Cc1ccc(C(F)(F)F)nc1. The molecule has 3 heterocycles. The van der Waals surface area contributed by atoms with Gasteiger partial charge in [0.05, 0.1) is 4.91 Å². The molecule has 0 saturated carbocycles. The van der Waals surface area contributed by atoms with Crippen molar-refractivity contribution in [3.8, 4) is 5.75 Å². The van der Waals surface area contributed by atoms with Gasteiger partial charge in [-0.2, -0.15) is 13.2 Å². The Labute approximate surface area is 203 Å². The number of benzene rings is 1. The fourth-order valence-electron chi connectivity index (χ4n) is 3.56. The molecule has 0 bridgehead atoms. The Kier molecular flexibility index (Phi) is 6.88. The summed E-state index contributed by atoms with van der Waals surface area (Å²) < 4.78 is 45.7. The van der Waals surface area contributed by atoms with E-state index in [9.17, 15) is 22.8 Å². The van der Waals surface area contributed by atoms with Crippen molar-refractivity contribution in [2.45, 2.75) is 31.7 Å². The summed E-state index contributed by atoms with van der Waals surface area (Å²) in [6.45, 7) is 2.08. The topological polar surface area (TPSA) is 90.4 Å². The van der Waals surface area contributed by atoms with E-state index in [1.54, 1.807) is 24.1 Å². The molecule has 0 spiro atoms. The molecule has 1 unspecified atom stereocenters. The van der Waals surface area contributed by atoms with Crippen LogP contribution >= 0.6 is 11.8 Å². The van der Waals surface area contributed by atoms with E-state index < -0.39 is 23.3 Å². The number of ether oxygens (including phenoxy) is 1. The summed E-state index contributed by atoms with van der Waals surface area (Å²) in [7, 11) is 0. The van der Waals surface area contributed by atoms with E-state index in [0.29, 0.717) is 23.6 Å². The zero-order chi connectivity index (χ0) is 25.2. The van der Waals surface area contributed by atoms with E-state index in [1.807, 2.05) is 30.3 Å². The third-order valence-electron chi connectivity index (χ3n) is 5.35. The van der Waals surface area contributed by atoms with Gasteiger partial charge in [0.25, 0.3) is 11.5 Å². The average molecular weight is 503 g/mol. The molecule has 1 aliphatic heterocycles. The number of hydrogen-bond donors (Lipinski definition) is 1. The maximum Gasteiger partial charge on any atom is 0.433 e. The number of aromatic nitrogens is 2. The maximum absolute atomic E-state index is 12.9. The molecule has 1 amide bonds. The maximum atomic E-state index is 12.9. The van der Waals surface area contributed by atoms with Crippen molar-refractivity contribution in [1.82, 2.24) is 14.5 Å². The van der Waals surface area contributed by atoms with Gasteiger partial charge in [-0.1, -0.05) is 48.2 Å². The molecule has 0 fully saturated rings. The average Bonchev–Trinajstić information content (AvgIpc) is 3.14. The minimum Gasteiger partial charge on any atom is -0.489 e. The van der Waals surface area contributed by atoms with Gasteiger partial charge in [0, 0.05) is 30.7 Å². The molecule has 1 aromatic carbocycles. The Hall–Kier alpha value is -3.73. The zero-order valence-electron chi connectivity index (χ0n) is 18.5. The molecule has 1 atom stereocenters. The number of pyridine rings is 2. The highest BCUT2D eigenvalue weighted by Crippen LogP contribution is 2.44. The van der Waals surface area contributed by atoms with Crippen molar-refractivity contribution in [3.05, 3.63) is 105 Å². The number of halogens is 3. The van der Waals surface area contributed by atoms with Gasteiger partial charge in [-0.05, 0) is 30.2 Å². The van der Waals surface area contributed by atoms with Crippen LogP contribution < -0.4 is 16.0 Å². The molecule has 2 N–H and O–H groups in total. The highest BCUT2D eigenvalue weighted by atomic mass is 32.2. The summed E-state index contributed by atoms with van der Waals surface area (Å²) in [6, 6.07) is 14.7. The first-order valence-corrected chi connectivity index (χ1v) is 11.4. The van der Waals surface area contributed by atoms with Gasteiger partial charge in [0.15, 0.2) is 5.50 Å². The molecule has 11 heteroatoms. The molecule has 2 aromatic heterocycles. The van der Waals surface area contributed by atoms with Gasteiger partial charge in [-0.3, -0.25) is 19.1 Å². The van der Waals surface area contributed by atoms with Crippen LogP contribution in [0.15, 0.2) is 82.4 Å². The first kappa shape index (κ1) is 24.4. The quantitative estimate of drug-likeness (QED) is 0.519. The van der Waals surface area contributed by atoms with E-state index in [0.717, 1.165) is 29.6 Å². The van der Waals surface area contributed by atoms with Crippen molar-refractivity contribution >= 4 is 17.7 Å². The van der Waals surface area contributed by atoms with Crippen molar-refractivity contribution in [3.63, 3.8) is 0 Å². The molecule has 182 valence electrons. The summed E-state index contributed by atoms with van der Waals surface area (Å²) in [5, 5.41) is 0. The molecule has 0 saturated heterocycles. The number of alkyl halides is 3. The number of rotatable bonds is 7. The molecule has 4 rings (SSSR count). The van der Waals surface area contributed by atoms with Gasteiger partial charge in [-0.15, -0.1) is 0 Å². The van der Waals surface area contributed by atoms with Crippen LogP contribution in [0.1, 0.15) is 29.2 Å². The molecule has 35 heavy (non-hydrogen) atoms. The fraction of sp³-hybridized carbons (Fsp3) is 0.208. The fourth-order valence-corrected chi connectivity index (χ4v) is 4.82. The molecule has 1 aliphatic rings. The Bertz CT molecular complexity index is 1310. The summed E-state index contributed by atoms with van der Waals surface area (Å²) in [4.78, 5) is 30.4.